The van der Waals surface area contributed by atoms with Gasteiger partial charge in [0.05, 0.1) is 5.69 Å². The van der Waals surface area contributed by atoms with E-state index in [1.165, 1.54) is 10.8 Å². The zero-order valence-corrected chi connectivity index (χ0v) is 14.8. The second-order valence-electron chi connectivity index (χ2n) is 6.16. The van der Waals surface area contributed by atoms with Crippen LogP contribution in [0, 0.1) is 0 Å². The summed E-state index contributed by atoms with van der Waals surface area (Å²) in [6, 6.07) is 23.7. The number of fused-ring (bicyclic) bond motifs is 1. The zero-order chi connectivity index (χ0) is 18.2. The quantitative estimate of drug-likeness (QED) is 0.447. The Morgan fingerprint density at radius 3 is 2.59 bits per heavy atom. The number of benzene rings is 3. The van der Waals surface area contributed by atoms with E-state index in [1.54, 1.807) is 12.1 Å². The summed E-state index contributed by atoms with van der Waals surface area (Å²) in [6.45, 7) is 0. The molecule has 0 atom stereocenters. The monoisotopic (exact) mass is 372 g/mol. The van der Waals surface area contributed by atoms with Gasteiger partial charge in [0, 0.05) is 16.1 Å². The molecule has 0 amide bonds. The molecule has 1 N–H and O–H groups in total. The molecule has 5 aromatic rings. The van der Waals surface area contributed by atoms with Crippen molar-refractivity contribution >= 4 is 22.4 Å². The third-order valence-corrected chi connectivity index (χ3v) is 4.60. The zero-order valence-electron chi connectivity index (χ0n) is 14.1. The van der Waals surface area contributed by atoms with Gasteiger partial charge in [-0.3, -0.25) is 5.10 Å². The van der Waals surface area contributed by atoms with Crippen LogP contribution in [0.5, 0.6) is 0 Å². The molecule has 0 saturated heterocycles. The molecule has 0 fully saturated rings. The van der Waals surface area contributed by atoms with Gasteiger partial charge in [0.2, 0.25) is 5.82 Å². The molecule has 5 nitrogen and oxygen atoms in total. The van der Waals surface area contributed by atoms with Gasteiger partial charge in [0.1, 0.15) is 5.69 Å². The number of H-pyrrole nitrogens is 1. The topological polar surface area (TPSA) is 67.6 Å². The number of nitrogens with one attached hydrogen (secondary N) is 1. The number of hydrogen-bond acceptors (Lipinski definition) is 4. The highest BCUT2D eigenvalue weighted by Gasteiger charge is 2.14. The summed E-state index contributed by atoms with van der Waals surface area (Å²) in [7, 11) is 0. The minimum absolute atomic E-state index is 0.379. The summed E-state index contributed by atoms with van der Waals surface area (Å²) in [5.41, 5.74) is 3.30. The first kappa shape index (κ1) is 15.8. The Bertz CT molecular complexity index is 1260. The van der Waals surface area contributed by atoms with Gasteiger partial charge in [-0.25, -0.2) is 0 Å². The SMILES string of the molecule is Clc1cccc(-c2noc(-c3cc(-c4ccc5ccccc5c4)n[nH]3)n2)c1. The van der Waals surface area contributed by atoms with Crippen molar-refractivity contribution in [2.75, 3.05) is 0 Å². The largest absolute Gasteiger partial charge is 0.332 e. The molecule has 6 heteroatoms. The highest BCUT2D eigenvalue weighted by atomic mass is 35.5. The average molecular weight is 373 g/mol. The van der Waals surface area contributed by atoms with Crippen LogP contribution in [0.15, 0.2) is 77.3 Å². The minimum atomic E-state index is 0.379. The van der Waals surface area contributed by atoms with Crippen LogP contribution in [0.4, 0.5) is 0 Å². The average Bonchev–Trinajstić information content (AvgIpc) is 3.37. The Hall–Kier alpha value is -3.44. The fourth-order valence-electron chi connectivity index (χ4n) is 3.01. The second-order valence-corrected chi connectivity index (χ2v) is 6.60. The summed E-state index contributed by atoms with van der Waals surface area (Å²) in [5, 5.41) is 14.4. The highest BCUT2D eigenvalue weighted by Crippen LogP contribution is 2.27. The Morgan fingerprint density at radius 2 is 1.70 bits per heavy atom. The van der Waals surface area contributed by atoms with Crippen LogP contribution in [0.1, 0.15) is 0 Å². The molecule has 0 saturated carbocycles. The highest BCUT2D eigenvalue weighted by molar-refractivity contribution is 6.30. The van der Waals surface area contributed by atoms with E-state index in [4.69, 9.17) is 16.1 Å². The minimum Gasteiger partial charge on any atom is -0.332 e. The summed E-state index contributed by atoms with van der Waals surface area (Å²) in [6.07, 6.45) is 0. The maximum absolute atomic E-state index is 6.03. The van der Waals surface area contributed by atoms with Crippen molar-refractivity contribution in [1.82, 2.24) is 20.3 Å². The standard InChI is InChI=1S/C21H13ClN4O/c22-17-7-3-6-16(11-17)20-23-21(27-26-20)19-12-18(24-25-19)15-9-8-13-4-1-2-5-14(13)10-15/h1-12H,(H,24,25). The van der Waals surface area contributed by atoms with Crippen molar-refractivity contribution < 1.29 is 4.52 Å². The van der Waals surface area contributed by atoms with Crippen LogP contribution in [-0.4, -0.2) is 20.3 Å². The van der Waals surface area contributed by atoms with E-state index >= 15 is 0 Å². The number of hydrogen-bond donors (Lipinski definition) is 1. The normalized spacial score (nSPS) is 11.1. The van der Waals surface area contributed by atoms with Gasteiger partial charge in [0.15, 0.2) is 0 Å². The molecule has 0 bridgehead atoms. The van der Waals surface area contributed by atoms with E-state index in [0.717, 1.165) is 16.8 Å². The van der Waals surface area contributed by atoms with Crippen LogP contribution in [0.3, 0.4) is 0 Å². The van der Waals surface area contributed by atoms with Crippen LogP contribution >= 0.6 is 11.6 Å². The van der Waals surface area contributed by atoms with Crippen LogP contribution in [-0.2, 0) is 0 Å². The van der Waals surface area contributed by atoms with Crippen LogP contribution in [0.25, 0.3) is 45.0 Å². The molecule has 3 aromatic carbocycles. The summed E-state index contributed by atoms with van der Waals surface area (Å²) >= 11 is 6.03. The summed E-state index contributed by atoms with van der Waals surface area (Å²) < 4.78 is 5.39. The number of rotatable bonds is 3. The first-order valence-electron chi connectivity index (χ1n) is 8.41. The molecule has 0 aliphatic rings. The number of nitrogens with zero attached hydrogens (tertiary/aromatic N) is 3. The van der Waals surface area contributed by atoms with E-state index in [1.807, 2.05) is 36.4 Å². The van der Waals surface area contributed by atoms with Crippen molar-refractivity contribution in [3.8, 4) is 34.2 Å². The van der Waals surface area contributed by atoms with E-state index in [-0.39, 0.29) is 0 Å². The Morgan fingerprint density at radius 1 is 0.815 bits per heavy atom. The van der Waals surface area contributed by atoms with Crippen molar-refractivity contribution in [3.63, 3.8) is 0 Å². The fourth-order valence-corrected chi connectivity index (χ4v) is 3.20. The van der Waals surface area contributed by atoms with Crippen LogP contribution in [0.2, 0.25) is 5.02 Å². The number of aromatic nitrogens is 4. The second kappa shape index (κ2) is 6.37. The van der Waals surface area contributed by atoms with Gasteiger partial charge in [-0.1, -0.05) is 65.3 Å². The van der Waals surface area contributed by atoms with Crippen molar-refractivity contribution in [2.45, 2.75) is 0 Å². The van der Waals surface area contributed by atoms with Gasteiger partial charge in [-0.2, -0.15) is 10.1 Å². The van der Waals surface area contributed by atoms with Crippen molar-refractivity contribution in [2.24, 2.45) is 0 Å². The number of halogens is 1. The van der Waals surface area contributed by atoms with E-state index in [9.17, 15) is 0 Å². The molecule has 2 heterocycles. The van der Waals surface area contributed by atoms with Crippen LogP contribution < -0.4 is 0 Å². The summed E-state index contributed by atoms with van der Waals surface area (Å²) in [5.74, 6) is 0.860. The molecule has 5 rings (SSSR count). The lowest BCUT2D eigenvalue weighted by molar-refractivity contribution is 0.431. The van der Waals surface area contributed by atoms with Gasteiger partial charge in [0.25, 0.3) is 5.89 Å². The smallest absolute Gasteiger partial charge is 0.276 e. The van der Waals surface area contributed by atoms with Gasteiger partial charge < -0.3 is 4.52 Å². The first-order valence-corrected chi connectivity index (χ1v) is 8.79. The molecule has 0 radical (unpaired) electrons. The molecule has 0 aliphatic carbocycles. The maximum Gasteiger partial charge on any atom is 0.276 e. The molecule has 2 aromatic heterocycles. The van der Waals surface area contributed by atoms with Gasteiger partial charge in [-0.05, 0) is 35.0 Å². The predicted molar refractivity (Wildman–Crippen MR) is 105 cm³/mol. The van der Waals surface area contributed by atoms with Crippen molar-refractivity contribution in [1.29, 1.82) is 0 Å². The van der Waals surface area contributed by atoms with Crippen molar-refractivity contribution in [3.05, 3.63) is 77.8 Å². The molecular weight excluding hydrogens is 360 g/mol. The Kier molecular flexibility index (Phi) is 3.73. The number of aromatic amines is 1. The van der Waals surface area contributed by atoms with Gasteiger partial charge in [-0.15, -0.1) is 0 Å². The lowest BCUT2D eigenvalue weighted by Gasteiger charge is -2.00. The molecule has 130 valence electrons. The predicted octanol–water partition coefficient (Wildman–Crippen LogP) is 5.60. The third-order valence-electron chi connectivity index (χ3n) is 4.36. The first-order chi connectivity index (χ1) is 13.3. The Labute approximate surface area is 159 Å². The Balaban J connectivity index is 1.48. The molecule has 0 unspecified atom stereocenters. The summed E-state index contributed by atoms with van der Waals surface area (Å²) in [4.78, 5) is 4.44. The molecule has 0 aliphatic heterocycles. The lowest BCUT2D eigenvalue weighted by atomic mass is 10.1. The van der Waals surface area contributed by atoms with E-state index in [2.05, 4.69) is 44.6 Å². The third kappa shape index (κ3) is 2.98. The van der Waals surface area contributed by atoms with E-state index < -0.39 is 0 Å². The lowest BCUT2D eigenvalue weighted by Crippen LogP contribution is -1.81. The maximum atomic E-state index is 6.03. The fraction of sp³-hybridized carbons (Fsp3) is 0. The molecule has 0 spiro atoms. The van der Waals surface area contributed by atoms with E-state index in [0.29, 0.717) is 22.4 Å². The molecular formula is C21H13ClN4O. The molecule has 27 heavy (non-hydrogen) atoms. The van der Waals surface area contributed by atoms with Gasteiger partial charge >= 0.3 is 0 Å².